The van der Waals surface area contributed by atoms with E-state index in [0.717, 1.165) is 27.6 Å². The van der Waals surface area contributed by atoms with Gasteiger partial charge < -0.3 is 23.1 Å². The maximum absolute atomic E-state index is 10.5. The van der Waals surface area contributed by atoms with Gasteiger partial charge in [0.2, 0.25) is 6.41 Å². The molecule has 2 N–H and O–H groups in total. The van der Waals surface area contributed by atoms with Crippen LogP contribution in [0.1, 0.15) is 72.4 Å². The minimum absolute atomic E-state index is 0. The van der Waals surface area contributed by atoms with E-state index >= 15 is 0 Å². The first-order valence-corrected chi connectivity index (χ1v) is 12.3. The van der Waals surface area contributed by atoms with Gasteiger partial charge in [0, 0.05) is 23.2 Å². The number of hydrogen-bond donors (Lipinski definition) is 2. The van der Waals surface area contributed by atoms with Gasteiger partial charge in [-0.25, -0.2) is 4.98 Å². The molecule has 1 fully saturated rings. The van der Waals surface area contributed by atoms with Crippen LogP contribution >= 0.6 is 0 Å². The molecule has 3 rings (SSSR count). The Morgan fingerprint density at radius 1 is 1.15 bits per heavy atom. The van der Waals surface area contributed by atoms with Gasteiger partial charge >= 0.3 is 51.4 Å². The predicted molar refractivity (Wildman–Crippen MR) is 145 cm³/mol. The van der Waals surface area contributed by atoms with Crippen LogP contribution in [0.3, 0.4) is 0 Å². The fourth-order valence-electron chi connectivity index (χ4n) is 2.62. The van der Waals surface area contributed by atoms with Crippen LogP contribution in [0, 0.1) is 0 Å². The van der Waals surface area contributed by atoms with Gasteiger partial charge in [0.25, 0.3) is 0 Å². The van der Waals surface area contributed by atoms with Crippen molar-refractivity contribution < 1.29 is 61.3 Å². The standard InChI is InChI=1S/C20H23N3O2.C3H6.C3H8.CH4S.K/c1-5-17(13(3)7-14(4)19(25)6-2)18-8-15-11-22-20(23-12-24)9-16(15)10-21-18;1-2-3-1;1-3-2;1-2;/h5,7-12,19,25H,4,6H2,1-3H3,(H,22,23,24);1-3H2;3H2,1-2H3;2H,1H3;/q;;;;+1/p-1/b13-7-,17-5+;;;;. The van der Waals surface area contributed by atoms with Crippen LogP contribution in [0.4, 0.5) is 5.82 Å². The Kier molecular flexibility index (Phi) is 22.3. The van der Waals surface area contributed by atoms with E-state index in [0.29, 0.717) is 24.2 Å². The van der Waals surface area contributed by atoms with Crippen molar-refractivity contribution in [3.05, 3.63) is 60.1 Å². The van der Waals surface area contributed by atoms with Crippen LogP contribution in [-0.2, 0) is 17.4 Å². The zero-order chi connectivity index (χ0) is 25.2. The first-order chi connectivity index (χ1) is 15.9. The van der Waals surface area contributed by atoms with E-state index in [2.05, 4.69) is 48.3 Å². The van der Waals surface area contributed by atoms with Gasteiger partial charge in [0.15, 0.2) is 0 Å². The number of allylic oxidation sites excluding steroid dienone is 3. The third kappa shape index (κ3) is 13.9. The number of hydrogen-bond acceptors (Lipinski definition) is 5. The second-order valence-electron chi connectivity index (χ2n) is 7.54. The summed E-state index contributed by atoms with van der Waals surface area (Å²) >= 11 is 4.08. The van der Waals surface area contributed by atoms with E-state index in [4.69, 9.17) is 0 Å². The van der Waals surface area contributed by atoms with Crippen LogP contribution in [0.5, 0.6) is 0 Å². The number of nitrogens with zero attached hydrogens (tertiary/aromatic N) is 2. The maximum atomic E-state index is 10.5. The Hall–Kier alpha value is -0.804. The summed E-state index contributed by atoms with van der Waals surface area (Å²) < 4.78 is 0. The molecule has 0 radical (unpaired) electrons. The van der Waals surface area contributed by atoms with E-state index in [9.17, 15) is 9.90 Å². The zero-order valence-corrected chi connectivity index (χ0v) is 26.0. The second kappa shape index (κ2) is 21.5. The zero-order valence-electron chi connectivity index (χ0n) is 22.0. The summed E-state index contributed by atoms with van der Waals surface area (Å²) in [7, 11) is 0. The fourth-order valence-corrected chi connectivity index (χ4v) is 2.62. The van der Waals surface area contributed by atoms with Crippen molar-refractivity contribution in [1.29, 1.82) is 0 Å². The fraction of sp³-hybridized carbons (Fsp3) is 0.444. The third-order valence-electron chi connectivity index (χ3n) is 4.37. The van der Waals surface area contributed by atoms with Crippen molar-refractivity contribution in [1.82, 2.24) is 9.97 Å². The van der Waals surface area contributed by atoms with Crippen molar-refractivity contribution in [2.75, 3.05) is 11.6 Å². The largest absolute Gasteiger partial charge is 1.00 e. The summed E-state index contributed by atoms with van der Waals surface area (Å²) in [6.07, 6.45) is 15.4. The van der Waals surface area contributed by atoms with E-state index in [-0.39, 0.29) is 51.4 Å². The van der Waals surface area contributed by atoms with Crippen LogP contribution in [0.2, 0.25) is 0 Å². The van der Waals surface area contributed by atoms with Crippen LogP contribution < -0.4 is 56.7 Å². The maximum Gasteiger partial charge on any atom is 1.00 e. The average molecular weight is 510 g/mol. The van der Waals surface area contributed by atoms with Gasteiger partial charge in [-0.05, 0) is 49.1 Å². The van der Waals surface area contributed by atoms with Crippen LogP contribution in [0.25, 0.3) is 16.3 Å². The molecule has 5 nitrogen and oxygen atoms in total. The number of anilines is 1. The molecule has 0 spiro atoms. The minimum Gasteiger partial charge on any atom is -0.796 e. The van der Waals surface area contributed by atoms with Crippen molar-refractivity contribution in [2.24, 2.45) is 0 Å². The van der Waals surface area contributed by atoms with E-state index < -0.39 is 6.10 Å². The van der Waals surface area contributed by atoms with Crippen molar-refractivity contribution >= 4 is 41.2 Å². The molecule has 2 heterocycles. The third-order valence-corrected chi connectivity index (χ3v) is 4.37. The van der Waals surface area contributed by atoms with Crippen molar-refractivity contribution in [2.45, 2.75) is 72.8 Å². The second-order valence-corrected chi connectivity index (χ2v) is 7.54. The quantitative estimate of drug-likeness (QED) is 0.258. The molecule has 0 saturated heterocycles. The van der Waals surface area contributed by atoms with Gasteiger partial charge in [0.05, 0.1) is 11.8 Å². The molecule has 34 heavy (non-hydrogen) atoms. The van der Waals surface area contributed by atoms with E-state index in [1.807, 2.05) is 39.0 Å². The summed E-state index contributed by atoms with van der Waals surface area (Å²) in [6.45, 7) is 14.0. The average Bonchev–Trinajstić information content (AvgIpc) is 3.71. The number of aromatic nitrogens is 2. The molecule has 1 atom stereocenters. The van der Waals surface area contributed by atoms with Crippen molar-refractivity contribution in [3.63, 3.8) is 0 Å². The number of fused-ring (bicyclic) bond motifs is 1. The first kappa shape index (κ1) is 35.4. The smallest absolute Gasteiger partial charge is 0.796 e. The molecule has 1 unspecified atom stereocenters. The molecule has 182 valence electrons. The number of nitrogens with one attached hydrogen (secondary N) is 1. The summed E-state index contributed by atoms with van der Waals surface area (Å²) in [5, 5.41) is 14.2. The predicted octanol–water partition coefficient (Wildman–Crippen LogP) is 3.63. The van der Waals surface area contributed by atoms with Gasteiger partial charge in [-0.15, -0.1) is 0 Å². The monoisotopic (exact) mass is 509 g/mol. The summed E-state index contributed by atoms with van der Waals surface area (Å²) in [5.41, 5.74) is 3.47. The summed E-state index contributed by atoms with van der Waals surface area (Å²) in [5.74, 6) is 0.490. The number of aliphatic hydroxyl groups excluding tert-OH is 1. The molecule has 0 aliphatic heterocycles. The van der Waals surface area contributed by atoms with E-state index in [1.54, 1.807) is 24.7 Å². The number of aliphatic hydroxyl groups is 1. The molecular weight excluding hydrogens is 469 g/mol. The van der Waals surface area contributed by atoms with Gasteiger partial charge in [-0.1, -0.05) is 65.2 Å². The molecule has 7 heteroatoms. The Balaban J connectivity index is 0. The Labute approximate surface area is 254 Å². The molecule has 0 bridgehead atoms. The molecule has 1 aliphatic carbocycles. The van der Waals surface area contributed by atoms with E-state index in [1.165, 1.54) is 25.7 Å². The normalized spacial score (nSPS) is 12.8. The summed E-state index contributed by atoms with van der Waals surface area (Å²) in [6, 6.07) is 3.73. The Morgan fingerprint density at radius 3 is 2.15 bits per heavy atom. The van der Waals surface area contributed by atoms with Gasteiger partial charge in [-0.2, -0.15) is 6.26 Å². The molecule has 1 amide bonds. The first-order valence-electron chi connectivity index (χ1n) is 11.5. The molecule has 0 aromatic carbocycles. The molecule has 1 aliphatic rings. The SMILES string of the molecule is C1CC1.C=C(/C=C(C)\C(=C/C)c1cc2cnc(NC=O)cc2cn1)C(O)CC.CCC.C[S-].[K+]. The number of carbonyl (C=O) groups is 1. The van der Waals surface area contributed by atoms with Crippen LogP contribution in [-0.4, -0.2) is 33.8 Å². The molecular formula is C27H40KN3O2S. The number of pyridine rings is 2. The Bertz CT molecular complexity index is 924. The molecule has 2 aromatic rings. The number of rotatable bonds is 7. The van der Waals surface area contributed by atoms with Crippen LogP contribution in [0.15, 0.2) is 54.4 Å². The number of carbonyl (C=O) groups excluding carboxylic acids is 1. The molecule has 1 saturated carbocycles. The van der Waals surface area contributed by atoms with Gasteiger partial charge in [-0.3, -0.25) is 9.78 Å². The minimum atomic E-state index is -0.537. The van der Waals surface area contributed by atoms with Gasteiger partial charge in [0.1, 0.15) is 5.82 Å². The Morgan fingerprint density at radius 2 is 1.68 bits per heavy atom. The summed E-state index contributed by atoms with van der Waals surface area (Å²) in [4.78, 5) is 19.2. The van der Waals surface area contributed by atoms with Crippen molar-refractivity contribution in [3.8, 4) is 0 Å². The topological polar surface area (TPSA) is 75.1 Å². The molecule has 2 aromatic heterocycles. The number of amides is 1.